The third-order valence-corrected chi connectivity index (χ3v) is 4.09. The number of guanidine groups is 1. The van der Waals surface area contributed by atoms with Crippen LogP contribution in [0.3, 0.4) is 0 Å². The van der Waals surface area contributed by atoms with E-state index in [1.165, 1.54) is 5.56 Å². The normalized spacial score (nSPS) is 15.7. The van der Waals surface area contributed by atoms with Crippen LogP contribution in [-0.2, 0) is 6.42 Å². The summed E-state index contributed by atoms with van der Waals surface area (Å²) < 4.78 is 5.21. The lowest BCUT2D eigenvalue weighted by atomic mass is 10.1. The van der Waals surface area contributed by atoms with Crippen molar-refractivity contribution in [2.24, 2.45) is 10.7 Å². The van der Waals surface area contributed by atoms with Crippen LogP contribution in [-0.4, -0.2) is 49.1 Å². The molecule has 0 amide bonds. The molecule has 1 heterocycles. The average molecular weight is 407 g/mol. The van der Waals surface area contributed by atoms with E-state index in [4.69, 9.17) is 10.5 Å². The van der Waals surface area contributed by atoms with Crippen molar-refractivity contribution in [2.45, 2.75) is 6.42 Å². The monoisotopic (exact) mass is 407 g/mol. The topological polar surface area (TPSA) is 50.9 Å². The lowest BCUT2D eigenvalue weighted by Gasteiger charge is -2.27. The number of halogens is 1. The zero-order chi connectivity index (χ0) is 13.5. The predicted molar refractivity (Wildman–Crippen MR) is 97.5 cm³/mol. The van der Waals surface area contributed by atoms with Crippen molar-refractivity contribution in [3.63, 3.8) is 0 Å². The van der Waals surface area contributed by atoms with Gasteiger partial charge in [-0.05, 0) is 24.1 Å². The van der Waals surface area contributed by atoms with E-state index in [2.05, 4.69) is 16.0 Å². The highest BCUT2D eigenvalue weighted by Gasteiger charge is 2.11. The van der Waals surface area contributed by atoms with Gasteiger partial charge in [0, 0.05) is 31.1 Å². The molecule has 0 atom stereocenters. The van der Waals surface area contributed by atoms with E-state index in [1.54, 1.807) is 7.11 Å². The first kappa shape index (κ1) is 17.4. The third kappa shape index (κ3) is 5.40. The zero-order valence-electron chi connectivity index (χ0n) is 11.7. The van der Waals surface area contributed by atoms with Gasteiger partial charge in [-0.2, -0.15) is 11.8 Å². The minimum Gasteiger partial charge on any atom is -0.497 e. The van der Waals surface area contributed by atoms with E-state index in [9.17, 15) is 0 Å². The predicted octanol–water partition coefficient (Wildman–Crippen LogP) is 2.22. The molecule has 0 aliphatic carbocycles. The number of aliphatic imine (C=N–C) groups is 1. The maximum atomic E-state index is 6.01. The van der Waals surface area contributed by atoms with E-state index < -0.39 is 0 Å². The summed E-state index contributed by atoms with van der Waals surface area (Å²) in [6.07, 6.45) is 0.889. The van der Waals surface area contributed by atoms with E-state index in [1.807, 2.05) is 30.0 Å². The van der Waals surface area contributed by atoms with Gasteiger partial charge in [-0.1, -0.05) is 12.1 Å². The van der Waals surface area contributed by atoms with Crippen molar-refractivity contribution in [1.29, 1.82) is 0 Å². The molecule has 2 N–H and O–H groups in total. The van der Waals surface area contributed by atoms with Gasteiger partial charge in [0.25, 0.3) is 0 Å². The van der Waals surface area contributed by atoms with Crippen molar-refractivity contribution in [1.82, 2.24) is 4.90 Å². The molecule has 112 valence electrons. The van der Waals surface area contributed by atoms with Gasteiger partial charge in [0.15, 0.2) is 5.96 Å². The van der Waals surface area contributed by atoms with Crippen LogP contribution in [0.4, 0.5) is 0 Å². The van der Waals surface area contributed by atoms with Gasteiger partial charge in [-0.25, -0.2) is 0 Å². The molecule has 0 unspecified atom stereocenters. The summed E-state index contributed by atoms with van der Waals surface area (Å²) in [6, 6.07) is 8.09. The molecule has 1 saturated heterocycles. The molecule has 0 bridgehead atoms. The highest BCUT2D eigenvalue weighted by Crippen LogP contribution is 2.13. The Morgan fingerprint density at radius 2 is 2.15 bits per heavy atom. The lowest BCUT2D eigenvalue weighted by Crippen LogP contribution is -2.42. The summed E-state index contributed by atoms with van der Waals surface area (Å²) in [5, 5.41) is 0. The van der Waals surface area contributed by atoms with Crippen LogP contribution < -0.4 is 10.5 Å². The fraction of sp³-hybridized carbons (Fsp3) is 0.500. The van der Waals surface area contributed by atoms with E-state index in [0.717, 1.165) is 43.3 Å². The number of benzene rings is 1. The van der Waals surface area contributed by atoms with Crippen molar-refractivity contribution in [2.75, 3.05) is 38.2 Å². The molecule has 1 aromatic rings. The Kier molecular flexibility index (Phi) is 8.13. The number of hydrogen-bond donors (Lipinski definition) is 1. The SMILES string of the molecule is COc1cccc(CCN=C(N)N2CCSCC2)c1.I. The summed E-state index contributed by atoms with van der Waals surface area (Å²) >= 11 is 1.97. The molecule has 0 saturated carbocycles. The Labute approximate surface area is 142 Å². The number of methoxy groups -OCH3 is 1. The number of nitrogens with zero attached hydrogens (tertiary/aromatic N) is 2. The largest absolute Gasteiger partial charge is 0.497 e. The number of thioether (sulfide) groups is 1. The molecular weight excluding hydrogens is 385 g/mol. The fourth-order valence-corrected chi connectivity index (χ4v) is 2.92. The van der Waals surface area contributed by atoms with Gasteiger partial charge >= 0.3 is 0 Å². The van der Waals surface area contributed by atoms with Crippen molar-refractivity contribution in [3.8, 4) is 5.75 Å². The van der Waals surface area contributed by atoms with E-state index >= 15 is 0 Å². The van der Waals surface area contributed by atoms with Crippen molar-refractivity contribution < 1.29 is 4.74 Å². The van der Waals surface area contributed by atoms with Gasteiger partial charge in [-0.3, -0.25) is 4.99 Å². The molecule has 0 radical (unpaired) electrons. The van der Waals surface area contributed by atoms with Gasteiger partial charge < -0.3 is 15.4 Å². The second-order valence-corrected chi connectivity index (χ2v) is 5.67. The van der Waals surface area contributed by atoms with Crippen LogP contribution in [0.1, 0.15) is 5.56 Å². The molecule has 4 nitrogen and oxygen atoms in total. The molecule has 0 aromatic heterocycles. The number of hydrogen-bond acceptors (Lipinski definition) is 3. The van der Waals surface area contributed by atoms with Crippen LogP contribution in [0.5, 0.6) is 5.75 Å². The van der Waals surface area contributed by atoms with Crippen LogP contribution >= 0.6 is 35.7 Å². The number of nitrogens with two attached hydrogens (primary N) is 1. The highest BCUT2D eigenvalue weighted by molar-refractivity contribution is 14.0. The summed E-state index contributed by atoms with van der Waals surface area (Å²) in [6.45, 7) is 2.75. The Morgan fingerprint density at radius 3 is 2.85 bits per heavy atom. The summed E-state index contributed by atoms with van der Waals surface area (Å²) in [7, 11) is 1.68. The van der Waals surface area contributed by atoms with Crippen LogP contribution in [0.25, 0.3) is 0 Å². The molecule has 1 aliphatic rings. The first-order valence-electron chi connectivity index (χ1n) is 6.55. The van der Waals surface area contributed by atoms with E-state index in [-0.39, 0.29) is 24.0 Å². The third-order valence-electron chi connectivity index (χ3n) is 3.14. The number of ether oxygens (including phenoxy) is 1. The second-order valence-electron chi connectivity index (χ2n) is 4.44. The first-order valence-corrected chi connectivity index (χ1v) is 7.70. The molecule has 6 heteroatoms. The quantitative estimate of drug-likeness (QED) is 0.473. The minimum atomic E-state index is 0. The van der Waals surface area contributed by atoms with E-state index in [0.29, 0.717) is 5.96 Å². The second kappa shape index (κ2) is 9.33. The molecule has 1 aromatic carbocycles. The molecule has 2 rings (SSSR count). The molecule has 0 spiro atoms. The molecule has 1 fully saturated rings. The summed E-state index contributed by atoms with van der Waals surface area (Å²) in [5.41, 5.74) is 7.24. The first-order chi connectivity index (χ1) is 9.29. The average Bonchev–Trinajstić information content (AvgIpc) is 2.48. The number of rotatable bonds is 4. The summed E-state index contributed by atoms with van der Waals surface area (Å²) in [4.78, 5) is 6.64. The van der Waals surface area contributed by atoms with Gasteiger partial charge in [0.05, 0.1) is 7.11 Å². The Morgan fingerprint density at radius 1 is 1.40 bits per heavy atom. The standard InChI is InChI=1S/C14H21N3OS.HI/c1-18-13-4-2-3-12(11-13)5-6-16-14(15)17-7-9-19-10-8-17;/h2-4,11H,5-10H2,1H3,(H2,15,16);1H. The Bertz CT molecular complexity index is 436. The fourth-order valence-electron chi connectivity index (χ4n) is 2.02. The smallest absolute Gasteiger partial charge is 0.191 e. The Balaban J connectivity index is 0.00000200. The van der Waals surface area contributed by atoms with Crippen LogP contribution in [0, 0.1) is 0 Å². The van der Waals surface area contributed by atoms with Crippen LogP contribution in [0.15, 0.2) is 29.3 Å². The lowest BCUT2D eigenvalue weighted by molar-refractivity contribution is 0.414. The highest BCUT2D eigenvalue weighted by atomic mass is 127. The maximum Gasteiger partial charge on any atom is 0.191 e. The zero-order valence-corrected chi connectivity index (χ0v) is 14.9. The Hall–Kier alpha value is -0.630. The maximum absolute atomic E-state index is 6.01. The molecular formula is C14H22IN3OS. The van der Waals surface area contributed by atoms with Gasteiger partial charge in [0.1, 0.15) is 5.75 Å². The van der Waals surface area contributed by atoms with Gasteiger partial charge in [-0.15, -0.1) is 24.0 Å². The minimum absolute atomic E-state index is 0. The molecule has 1 aliphatic heterocycles. The van der Waals surface area contributed by atoms with Crippen LogP contribution in [0.2, 0.25) is 0 Å². The molecule has 20 heavy (non-hydrogen) atoms. The van der Waals surface area contributed by atoms with Gasteiger partial charge in [0.2, 0.25) is 0 Å². The summed E-state index contributed by atoms with van der Waals surface area (Å²) in [5.74, 6) is 3.86. The van der Waals surface area contributed by atoms with Crippen molar-refractivity contribution >= 4 is 41.7 Å². The van der Waals surface area contributed by atoms with Crippen molar-refractivity contribution in [3.05, 3.63) is 29.8 Å².